The Balaban J connectivity index is 1.97. The first-order valence-corrected chi connectivity index (χ1v) is 6.99. The van der Waals surface area contributed by atoms with E-state index in [0.717, 1.165) is 16.3 Å². The third-order valence-corrected chi connectivity index (χ3v) is 3.03. The Hall–Kier alpha value is -2.36. The lowest BCUT2D eigenvalue weighted by Crippen LogP contribution is -2.32. The fourth-order valence-electron chi connectivity index (χ4n) is 2.16. The van der Waals surface area contributed by atoms with E-state index in [4.69, 9.17) is 4.74 Å². The molecule has 0 aliphatic heterocycles. The fourth-order valence-corrected chi connectivity index (χ4v) is 2.16. The van der Waals surface area contributed by atoms with E-state index in [1.165, 1.54) is 0 Å². The topological polar surface area (TPSA) is 55.4 Å². The molecule has 0 bridgehead atoms. The fraction of sp³-hybridized carbons (Fsp3) is 0.294. The molecule has 2 aromatic rings. The zero-order valence-corrected chi connectivity index (χ0v) is 12.3. The number of carbonyl (C=O) groups is 2. The van der Waals surface area contributed by atoms with E-state index in [2.05, 4.69) is 5.32 Å². The molecule has 0 unspecified atom stereocenters. The molecule has 0 aromatic heterocycles. The van der Waals surface area contributed by atoms with Crippen LogP contribution < -0.4 is 5.32 Å². The molecule has 4 heteroatoms. The van der Waals surface area contributed by atoms with Gasteiger partial charge in [-0.3, -0.25) is 9.59 Å². The third kappa shape index (κ3) is 4.31. The number of nitrogens with one attached hydrogen (secondary N) is 1. The lowest BCUT2D eigenvalue weighted by molar-refractivity contribution is -0.147. The zero-order chi connectivity index (χ0) is 15.2. The van der Waals surface area contributed by atoms with Crippen LogP contribution in [0, 0.1) is 0 Å². The summed E-state index contributed by atoms with van der Waals surface area (Å²) in [5, 5.41) is 4.74. The maximum absolute atomic E-state index is 11.9. The quantitative estimate of drug-likeness (QED) is 0.859. The van der Waals surface area contributed by atoms with Crippen LogP contribution in [0.1, 0.15) is 19.4 Å². The highest BCUT2D eigenvalue weighted by Gasteiger charge is 2.10. The Morgan fingerprint density at radius 1 is 1.10 bits per heavy atom. The average molecular weight is 285 g/mol. The summed E-state index contributed by atoms with van der Waals surface area (Å²) < 4.78 is 4.97. The number of fused-ring (bicyclic) bond motifs is 1. The molecule has 0 saturated carbocycles. The van der Waals surface area contributed by atoms with E-state index in [1.807, 2.05) is 42.5 Å². The van der Waals surface area contributed by atoms with E-state index in [9.17, 15) is 9.59 Å². The van der Waals surface area contributed by atoms with Gasteiger partial charge in [0.15, 0.2) is 0 Å². The molecule has 0 aliphatic rings. The predicted octanol–water partition coefficient (Wildman–Crippen LogP) is 2.45. The molecule has 110 valence electrons. The van der Waals surface area contributed by atoms with Crippen LogP contribution in [0.5, 0.6) is 0 Å². The van der Waals surface area contributed by atoms with Crippen molar-refractivity contribution in [1.82, 2.24) is 5.32 Å². The van der Waals surface area contributed by atoms with Crippen molar-refractivity contribution >= 4 is 22.6 Å². The summed E-state index contributed by atoms with van der Waals surface area (Å²) in [6, 6.07) is 13.8. The first kappa shape index (κ1) is 15.0. The second kappa shape index (κ2) is 6.88. The largest absolute Gasteiger partial charge is 0.462 e. The number of hydrogen-bond acceptors (Lipinski definition) is 3. The summed E-state index contributed by atoms with van der Waals surface area (Å²) in [5.74, 6) is -0.608. The van der Waals surface area contributed by atoms with E-state index in [1.54, 1.807) is 13.8 Å². The van der Waals surface area contributed by atoms with Crippen molar-refractivity contribution in [1.29, 1.82) is 0 Å². The second-order valence-electron chi connectivity index (χ2n) is 5.13. The SMILES string of the molecule is CC(C)OC(=O)CNC(=O)Cc1cccc2ccccc12. The molecule has 2 rings (SSSR count). The lowest BCUT2D eigenvalue weighted by atomic mass is 10.0. The van der Waals surface area contributed by atoms with Crippen molar-refractivity contribution in [2.75, 3.05) is 6.54 Å². The van der Waals surface area contributed by atoms with Crippen molar-refractivity contribution in [2.45, 2.75) is 26.4 Å². The Kier molecular flexibility index (Phi) is 4.93. The van der Waals surface area contributed by atoms with Gasteiger partial charge in [-0.25, -0.2) is 0 Å². The van der Waals surface area contributed by atoms with Gasteiger partial charge in [-0.1, -0.05) is 42.5 Å². The van der Waals surface area contributed by atoms with Crippen LogP contribution in [0.2, 0.25) is 0 Å². The summed E-state index contributed by atoms with van der Waals surface area (Å²) in [4.78, 5) is 23.3. The van der Waals surface area contributed by atoms with Gasteiger partial charge >= 0.3 is 5.97 Å². The Bertz CT molecular complexity index is 644. The molecule has 0 fully saturated rings. The molecular weight excluding hydrogens is 266 g/mol. The van der Waals surface area contributed by atoms with Gasteiger partial charge in [-0.2, -0.15) is 0 Å². The van der Waals surface area contributed by atoms with Crippen molar-refractivity contribution in [3.63, 3.8) is 0 Å². The number of hydrogen-bond donors (Lipinski definition) is 1. The highest BCUT2D eigenvalue weighted by atomic mass is 16.5. The van der Waals surface area contributed by atoms with Crippen LogP contribution >= 0.6 is 0 Å². The Morgan fingerprint density at radius 3 is 2.57 bits per heavy atom. The molecule has 0 atom stereocenters. The average Bonchev–Trinajstić information content (AvgIpc) is 2.45. The van der Waals surface area contributed by atoms with Gasteiger partial charge in [0.05, 0.1) is 12.5 Å². The molecule has 0 heterocycles. The molecule has 0 spiro atoms. The van der Waals surface area contributed by atoms with Crippen molar-refractivity contribution in [2.24, 2.45) is 0 Å². The van der Waals surface area contributed by atoms with Crippen LogP contribution in [0.3, 0.4) is 0 Å². The van der Waals surface area contributed by atoms with Crippen LogP contribution in [0.25, 0.3) is 10.8 Å². The van der Waals surface area contributed by atoms with Gasteiger partial charge in [-0.15, -0.1) is 0 Å². The van der Waals surface area contributed by atoms with E-state index >= 15 is 0 Å². The highest BCUT2D eigenvalue weighted by molar-refractivity contribution is 5.91. The van der Waals surface area contributed by atoms with Crippen molar-refractivity contribution < 1.29 is 14.3 Å². The van der Waals surface area contributed by atoms with Crippen molar-refractivity contribution in [3.8, 4) is 0 Å². The van der Waals surface area contributed by atoms with Crippen LogP contribution in [-0.2, 0) is 20.7 Å². The molecule has 4 nitrogen and oxygen atoms in total. The standard InChI is InChI=1S/C17H19NO3/c1-12(2)21-17(20)11-18-16(19)10-14-8-5-7-13-6-3-4-9-15(13)14/h3-9,12H,10-11H2,1-2H3,(H,18,19). The Morgan fingerprint density at radius 2 is 1.81 bits per heavy atom. The molecule has 1 N–H and O–H groups in total. The summed E-state index contributed by atoms with van der Waals surface area (Å²) >= 11 is 0. The van der Waals surface area contributed by atoms with Gasteiger partial charge in [0, 0.05) is 0 Å². The minimum atomic E-state index is -0.420. The summed E-state index contributed by atoms with van der Waals surface area (Å²) in [6.45, 7) is 3.45. The smallest absolute Gasteiger partial charge is 0.325 e. The number of amides is 1. The van der Waals surface area contributed by atoms with E-state index in [-0.39, 0.29) is 25.0 Å². The van der Waals surface area contributed by atoms with Crippen molar-refractivity contribution in [3.05, 3.63) is 48.0 Å². The molecule has 0 saturated heterocycles. The number of benzene rings is 2. The lowest BCUT2D eigenvalue weighted by Gasteiger charge is -2.09. The molecule has 0 aliphatic carbocycles. The molecule has 1 amide bonds. The van der Waals surface area contributed by atoms with E-state index < -0.39 is 5.97 Å². The highest BCUT2D eigenvalue weighted by Crippen LogP contribution is 2.18. The number of ether oxygens (including phenoxy) is 1. The first-order chi connectivity index (χ1) is 10.1. The van der Waals surface area contributed by atoms with Crippen LogP contribution in [0.4, 0.5) is 0 Å². The maximum Gasteiger partial charge on any atom is 0.325 e. The van der Waals surface area contributed by atoms with Gasteiger partial charge < -0.3 is 10.1 Å². The minimum Gasteiger partial charge on any atom is -0.462 e. The minimum absolute atomic E-state index is 0.0955. The Labute approximate surface area is 124 Å². The summed E-state index contributed by atoms with van der Waals surface area (Å²) in [5.41, 5.74) is 0.947. The summed E-state index contributed by atoms with van der Waals surface area (Å²) in [6.07, 6.45) is 0.0727. The van der Waals surface area contributed by atoms with Gasteiger partial charge in [-0.05, 0) is 30.2 Å². The van der Waals surface area contributed by atoms with Crippen LogP contribution in [0.15, 0.2) is 42.5 Å². The summed E-state index contributed by atoms with van der Waals surface area (Å²) in [7, 11) is 0. The molecule has 0 radical (unpaired) electrons. The van der Waals surface area contributed by atoms with Crippen LogP contribution in [-0.4, -0.2) is 24.5 Å². The second-order valence-corrected chi connectivity index (χ2v) is 5.13. The monoisotopic (exact) mass is 285 g/mol. The molecular formula is C17H19NO3. The molecule has 2 aromatic carbocycles. The third-order valence-electron chi connectivity index (χ3n) is 3.03. The van der Waals surface area contributed by atoms with Gasteiger partial charge in [0.1, 0.15) is 6.54 Å². The van der Waals surface area contributed by atoms with Gasteiger partial charge in [0.25, 0.3) is 0 Å². The number of rotatable bonds is 5. The maximum atomic E-state index is 11.9. The van der Waals surface area contributed by atoms with Gasteiger partial charge in [0.2, 0.25) is 5.91 Å². The molecule has 21 heavy (non-hydrogen) atoms. The van der Waals surface area contributed by atoms with E-state index in [0.29, 0.717) is 0 Å². The predicted molar refractivity (Wildman–Crippen MR) is 81.9 cm³/mol. The first-order valence-electron chi connectivity index (χ1n) is 6.99. The zero-order valence-electron chi connectivity index (χ0n) is 12.3. The number of esters is 1. The normalized spacial score (nSPS) is 10.6. The number of carbonyl (C=O) groups excluding carboxylic acids is 2.